The molecular weight excluding hydrogens is 332 g/mol. The van der Waals surface area contributed by atoms with Crippen LogP contribution in [-0.2, 0) is 6.18 Å². The van der Waals surface area contributed by atoms with Crippen molar-refractivity contribution in [2.45, 2.75) is 31.5 Å². The Labute approximate surface area is 137 Å². The second-order valence-corrected chi connectivity index (χ2v) is 6.65. The molecule has 1 aromatic carbocycles. The van der Waals surface area contributed by atoms with E-state index in [1.807, 2.05) is 4.90 Å². The van der Waals surface area contributed by atoms with Gasteiger partial charge in [-0.2, -0.15) is 13.2 Å². The van der Waals surface area contributed by atoms with Gasteiger partial charge < -0.3 is 5.32 Å². The summed E-state index contributed by atoms with van der Waals surface area (Å²) in [4.78, 5) is 1.98. The molecular formula is C16H19ClF4N2. The van der Waals surface area contributed by atoms with E-state index in [9.17, 15) is 17.6 Å². The van der Waals surface area contributed by atoms with Crippen LogP contribution in [0.5, 0.6) is 0 Å². The van der Waals surface area contributed by atoms with E-state index < -0.39 is 23.6 Å². The molecule has 0 amide bonds. The van der Waals surface area contributed by atoms with Crippen LogP contribution in [0.1, 0.15) is 36.4 Å². The average Bonchev–Trinajstić information content (AvgIpc) is 2.45. The molecule has 1 saturated heterocycles. The summed E-state index contributed by atoms with van der Waals surface area (Å²) in [6, 6.07) is 1.36. The monoisotopic (exact) mass is 350 g/mol. The van der Waals surface area contributed by atoms with Gasteiger partial charge in [-0.15, -0.1) is 0 Å². The van der Waals surface area contributed by atoms with Crippen LogP contribution in [0.2, 0.25) is 5.02 Å². The third-order valence-electron chi connectivity index (χ3n) is 4.88. The van der Waals surface area contributed by atoms with Crippen molar-refractivity contribution in [3.05, 3.63) is 34.1 Å². The van der Waals surface area contributed by atoms with Crippen LogP contribution in [0.25, 0.3) is 0 Å². The van der Waals surface area contributed by atoms with E-state index in [-0.39, 0.29) is 16.5 Å². The second kappa shape index (κ2) is 6.57. The SMILES string of the molecule is Fc1c(Cl)ccc(C(F)(F)F)c1[C@H](C1CCC1)N1CCNCC1. The zero-order valence-electron chi connectivity index (χ0n) is 12.6. The third kappa shape index (κ3) is 3.35. The maximum atomic E-state index is 14.6. The molecule has 1 aliphatic heterocycles. The van der Waals surface area contributed by atoms with E-state index in [4.69, 9.17) is 11.6 Å². The number of halogens is 5. The lowest BCUT2D eigenvalue weighted by atomic mass is 9.75. The van der Waals surface area contributed by atoms with Crippen molar-refractivity contribution in [1.82, 2.24) is 10.2 Å². The van der Waals surface area contributed by atoms with Crippen molar-refractivity contribution < 1.29 is 17.6 Å². The highest BCUT2D eigenvalue weighted by Crippen LogP contribution is 2.47. The van der Waals surface area contributed by atoms with Crippen LogP contribution in [0.3, 0.4) is 0 Å². The average molecular weight is 351 g/mol. The first-order valence-electron chi connectivity index (χ1n) is 7.89. The van der Waals surface area contributed by atoms with Crippen molar-refractivity contribution in [2.24, 2.45) is 5.92 Å². The van der Waals surface area contributed by atoms with Crippen molar-refractivity contribution in [1.29, 1.82) is 0 Å². The Morgan fingerprint density at radius 2 is 1.83 bits per heavy atom. The lowest BCUT2D eigenvalue weighted by Gasteiger charge is -2.44. The summed E-state index contributed by atoms with van der Waals surface area (Å²) in [6.45, 7) is 2.63. The summed E-state index contributed by atoms with van der Waals surface area (Å²) in [5, 5.41) is 2.94. The zero-order chi connectivity index (χ0) is 16.6. The number of nitrogens with one attached hydrogen (secondary N) is 1. The minimum atomic E-state index is -4.59. The fraction of sp³-hybridized carbons (Fsp3) is 0.625. The number of benzene rings is 1. The normalized spacial score (nSPS) is 22.0. The summed E-state index contributed by atoms with van der Waals surface area (Å²) >= 11 is 5.81. The fourth-order valence-corrected chi connectivity index (χ4v) is 3.70. The highest BCUT2D eigenvalue weighted by molar-refractivity contribution is 6.30. The van der Waals surface area contributed by atoms with Crippen LogP contribution in [0, 0.1) is 11.7 Å². The first kappa shape index (κ1) is 17.0. The standard InChI is InChI=1S/C16H19ClF4N2/c17-12-5-4-11(16(19,20)21)13(14(12)18)15(10-2-1-3-10)23-8-6-22-7-9-23/h4-5,10,15,22H,1-3,6-9H2/t15-/m0/s1. The molecule has 0 aromatic heterocycles. The molecule has 0 spiro atoms. The van der Waals surface area contributed by atoms with E-state index in [0.29, 0.717) is 26.2 Å². The zero-order valence-corrected chi connectivity index (χ0v) is 13.4. The number of nitrogens with zero attached hydrogens (tertiary/aromatic N) is 1. The van der Waals surface area contributed by atoms with Crippen LogP contribution < -0.4 is 5.32 Å². The second-order valence-electron chi connectivity index (χ2n) is 6.24. The molecule has 2 nitrogen and oxygen atoms in total. The Balaban J connectivity index is 2.09. The van der Waals surface area contributed by atoms with Crippen molar-refractivity contribution in [3.8, 4) is 0 Å². The van der Waals surface area contributed by atoms with Gasteiger partial charge in [0, 0.05) is 37.8 Å². The molecule has 2 fully saturated rings. The lowest BCUT2D eigenvalue weighted by Crippen LogP contribution is -2.48. The molecule has 2 aliphatic rings. The third-order valence-corrected chi connectivity index (χ3v) is 5.17. The number of rotatable bonds is 3. The number of piperazine rings is 1. The molecule has 3 rings (SSSR count). The van der Waals surface area contributed by atoms with Gasteiger partial charge in [0.2, 0.25) is 0 Å². The lowest BCUT2D eigenvalue weighted by molar-refractivity contribution is -0.139. The van der Waals surface area contributed by atoms with Gasteiger partial charge in [0.1, 0.15) is 5.82 Å². The molecule has 1 aliphatic carbocycles. The van der Waals surface area contributed by atoms with Crippen molar-refractivity contribution in [2.75, 3.05) is 26.2 Å². The minimum Gasteiger partial charge on any atom is -0.314 e. The molecule has 0 unspecified atom stereocenters. The van der Waals surface area contributed by atoms with Crippen LogP contribution in [-0.4, -0.2) is 31.1 Å². The number of alkyl halides is 3. The first-order valence-corrected chi connectivity index (χ1v) is 8.27. The maximum absolute atomic E-state index is 14.6. The largest absolute Gasteiger partial charge is 0.416 e. The predicted molar refractivity (Wildman–Crippen MR) is 80.9 cm³/mol. The van der Waals surface area contributed by atoms with Gasteiger partial charge in [-0.3, -0.25) is 4.90 Å². The van der Waals surface area contributed by atoms with Gasteiger partial charge in [0.05, 0.1) is 10.6 Å². The summed E-state index contributed by atoms with van der Waals surface area (Å²) < 4.78 is 54.9. The Morgan fingerprint density at radius 1 is 1.17 bits per heavy atom. The van der Waals surface area contributed by atoms with E-state index in [2.05, 4.69) is 5.32 Å². The van der Waals surface area contributed by atoms with E-state index in [1.165, 1.54) is 0 Å². The minimum absolute atomic E-state index is 0.0576. The Morgan fingerprint density at radius 3 is 2.35 bits per heavy atom. The van der Waals surface area contributed by atoms with Gasteiger partial charge in [0.15, 0.2) is 0 Å². The van der Waals surface area contributed by atoms with Gasteiger partial charge >= 0.3 is 6.18 Å². The quantitative estimate of drug-likeness (QED) is 0.820. The van der Waals surface area contributed by atoms with Gasteiger partial charge in [0.25, 0.3) is 0 Å². The Kier molecular flexibility index (Phi) is 4.85. The van der Waals surface area contributed by atoms with Crippen molar-refractivity contribution >= 4 is 11.6 Å². The molecule has 1 heterocycles. The van der Waals surface area contributed by atoms with E-state index in [1.54, 1.807) is 0 Å². The summed E-state index contributed by atoms with van der Waals surface area (Å²) in [5.41, 5.74) is -1.16. The molecule has 0 bridgehead atoms. The molecule has 1 N–H and O–H groups in total. The predicted octanol–water partition coefficient (Wildman–Crippen LogP) is 4.24. The van der Waals surface area contributed by atoms with Crippen LogP contribution in [0.4, 0.5) is 17.6 Å². The smallest absolute Gasteiger partial charge is 0.314 e. The van der Waals surface area contributed by atoms with E-state index >= 15 is 0 Å². The van der Waals surface area contributed by atoms with Crippen LogP contribution in [0.15, 0.2) is 12.1 Å². The summed E-state index contributed by atoms with van der Waals surface area (Å²) in [5.74, 6) is -0.862. The Bertz CT molecular complexity index is 566. The highest BCUT2D eigenvalue weighted by Gasteiger charge is 2.43. The number of hydrogen-bond acceptors (Lipinski definition) is 2. The van der Waals surface area contributed by atoms with Gasteiger partial charge in [-0.25, -0.2) is 4.39 Å². The summed E-state index contributed by atoms with van der Waals surface area (Å²) in [7, 11) is 0. The fourth-order valence-electron chi connectivity index (χ4n) is 3.53. The van der Waals surface area contributed by atoms with Crippen molar-refractivity contribution in [3.63, 3.8) is 0 Å². The number of hydrogen-bond donors (Lipinski definition) is 1. The first-order chi connectivity index (χ1) is 10.9. The molecule has 0 radical (unpaired) electrons. The van der Waals surface area contributed by atoms with Gasteiger partial charge in [-0.1, -0.05) is 18.0 Å². The molecule has 1 aromatic rings. The van der Waals surface area contributed by atoms with Gasteiger partial charge in [-0.05, 0) is 30.9 Å². The molecule has 1 saturated carbocycles. The van der Waals surface area contributed by atoms with Crippen LogP contribution >= 0.6 is 11.6 Å². The van der Waals surface area contributed by atoms with E-state index in [0.717, 1.165) is 31.4 Å². The maximum Gasteiger partial charge on any atom is 0.416 e. The Hall–Kier alpha value is -0.850. The topological polar surface area (TPSA) is 15.3 Å². The molecule has 23 heavy (non-hydrogen) atoms. The molecule has 128 valence electrons. The molecule has 7 heteroatoms. The highest BCUT2D eigenvalue weighted by atomic mass is 35.5. The summed E-state index contributed by atoms with van der Waals surface area (Å²) in [6.07, 6.45) is -1.94. The molecule has 1 atom stereocenters.